The normalized spacial score (nSPS) is 20.6. The summed E-state index contributed by atoms with van der Waals surface area (Å²) in [6.07, 6.45) is 1.17. The number of benzene rings is 1. The lowest BCUT2D eigenvalue weighted by atomic mass is 9.84. The molecule has 1 aromatic rings. The lowest BCUT2D eigenvalue weighted by Crippen LogP contribution is -2.51. The first-order valence-corrected chi connectivity index (χ1v) is 13.6. The number of nitriles is 1. The summed E-state index contributed by atoms with van der Waals surface area (Å²) in [5.74, 6) is 0.169. The van der Waals surface area contributed by atoms with Crippen LogP contribution in [-0.4, -0.2) is 76.4 Å². The zero-order chi connectivity index (χ0) is 27.7. The first-order valence-electron chi connectivity index (χ1n) is 13.2. The molecule has 4 rings (SSSR count). The van der Waals surface area contributed by atoms with Crippen LogP contribution in [0, 0.1) is 17.2 Å². The van der Waals surface area contributed by atoms with Crippen LogP contribution in [0.4, 0.5) is 18.9 Å². The Morgan fingerprint density at radius 2 is 1.76 bits per heavy atom. The van der Waals surface area contributed by atoms with Crippen molar-refractivity contribution >= 4 is 34.8 Å². The molecule has 1 aliphatic carbocycles. The minimum atomic E-state index is -4.72. The Kier molecular flexibility index (Phi) is 8.33. The Bertz CT molecular complexity index is 1120. The number of thiocarbonyl (C=S) groups is 1. The molecule has 11 heteroatoms. The van der Waals surface area contributed by atoms with Crippen LogP contribution >= 0.6 is 12.2 Å². The van der Waals surface area contributed by atoms with Crippen molar-refractivity contribution in [1.29, 1.82) is 5.26 Å². The van der Waals surface area contributed by atoms with Crippen LogP contribution < -0.4 is 4.90 Å². The highest BCUT2D eigenvalue weighted by Gasteiger charge is 2.49. The minimum Gasteiger partial charge on any atom is -0.340 e. The van der Waals surface area contributed by atoms with Crippen molar-refractivity contribution in [3.05, 3.63) is 29.3 Å². The lowest BCUT2D eigenvalue weighted by Gasteiger charge is -2.38. The highest BCUT2D eigenvalue weighted by Crippen LogP contribution is 2.38. The first kappa shape index (κ1) is 28.3. The highest BCUT2D eigenvalue weighted by molar-refractivity contribution is 7.80. The van der Waals surface area contributed by atoms with Crippen molar-refractivity contribution in [1.82, 2.24) is 14.7 Å². The zero-order valence-electron chi connectivity index (χ0n) is 21.9. The van der Waals surface area contributed by atoms with Crippen molar-refractivity contribution in [3.63, 3.8) is 0 Å². The van der Waals surface area contributed by atoms with Crippen molar-refractivity contribution in [3.8, 4) is 6.07 Å². The average molecular weight is 550 g/mol. The molecule has 0 atom stereocenters. The van der Waals surface area contributed by atoms with Crippen molar-refractivity contribution in [2.45, 2.75) is 64.1 Å². The Hall–Kier alpha value is -2.71. The van der Waals surface area contributed by atoms with Crippen LogP contribution in [0.1, 0.15) is 63.5 Å². The van der Waals surface area contributed by atoms with E-state index in [-0.39, 0.29) is 16.7 Å². The smallest absolute Gasteiger partial charge is 0.340 e. The Morgan fingerprint density at radius 1 is 1.11 bits per heavy atom. The molecule has 3 fully saturated rings. The number of amides is 2. The summed E-state index contributed by atoms with van der Waals surface area (Å²) >= 11 is 5.56. The molecule has 0 unspecified atom stereocenters. The van der Waals surface area contributed by atoms with Crippen LogP contribution in [0.15, 0.2) is 18.2 Å². The van der Waals surface area contributed by atoms with Gasteiger partial charge in [0.05, 0.1) is 22.9 Å². The van der Waals surface area contributed by atoms with E-state index in [2.05, 4.69) is 4.90 Å². The van der Waals surface area contributed by atoms with Gasteiger partial charge in [0.25, 0.3) is 5.91 Å². The molecule has 0 N–H and O–H groups in total. The molecule has 2 heterocycles. The predicted octanol–water partition coefficient (Wildman–Crippen LogP) is 4.40. The summed E-state index contributed by atoms with van der Waals surface area (Å²) < 4.78 is 40.5. The zero-order valence-corrected chi connectivity index (χ0v) is 22.7. The van der Waals surface area contributed by atoms with E-state index in [1.54, 1.807) is 24.8 Å². The van der Waals surface area contributed by atoms with Crippen molar-refractivity contribution < 1.29 is 22.8 Å². The second-order valence-corrected chi connectivity index (χ2v) is 11.2. The number of halogens is 3. The molecule has 206 valence electrons. The second kappa shape index (κ2) is 11.2. The fourth-order valence-corrected chi connectivity index (χ4v) is 5.84. The van der Waals surface area contributed by atoms with Gasteiger partial charge in [-0.2, -0.15) is 18.4 Å². The van der Waals surface area contributed by atoms with Gasteiger partial charge in [-0.1, -0.05) is 12.8 Å². The van der Waals surface area contributed by atoms with Gasteiger partial charge in [0.1, 0.15) is 5.54 Å². The second-order valence-electron chi connectivity index (χ2n) is 10.8. The number of alkyl halides is 3. The molecule has 38 heavy (non-hydrogen) atoms. The Labute approximate surface area is 227 Å². The fraction of sp³-hybridized carbons (Fsp3) is 0.630. The SMILES string of the molecule is CC1(C)C(=O)N(c2ccc(C#N)c(C(F)(F)F)c2)C(=S)N1CCCCCN1CCN(C(=O)C2CCC2)CC1. The molecule has 2 saturated heterocycles. The van der Waals surface area contributed by atoms with Crippen LogP contribution in [0.5, 0.6) is 0 Å². The summed E-state index contributed by atoms with van der Waals surface area (Å²) in [4.78, 5) is 32.9. The van der Waals surface area contributed by atoms with Gasteiger partial charge in [-0.25, -0.2) is 0 Å². The molecule has 1 saturated carbocycles. The molecule has 3 aliphatic rings. The maximum absolute atomic E-state index is 13.5. The summed E-state index contributed by atoms with van der Waals surface area (Å²) in [5.41, 5.74) is -2.57. The van der Waals surface area contributed by atoms with E-state index in [4.69, 9.17) is 17.5 Å². The van der Waals surface area contributed by atoms with E-state index >= 15 is 0 Å². The number of nitrogens with zero attached hydrogens (tertiary/aromatic N) is 5. The number of carbonyl (C=O) groups excluding carboxylic acids is 2. The molecular weight excluding hydrogens is 515 g/mol. The predicted molar refractivity (Wildman–Crippen MR) is 141 cm³/mol. The highest BCUT2D eigenvalue weighted by atomic mass is 32.1. The molecule has 1 aromatic carbocycles. The van der Waals surface area contributed by atoms with Gasteiger partial charge in [-0.15, -0.1) is 0 Å². The summed E-state index contributed by atoms with van der Waals surface area (Å²) in [7, 11) is 0. The fourth-order valence-electron chi connectivity index (χ4n) is 5.33. The van der Waals surface area contributed by atoms with E-state index in [0.717, 1.165) is 88.3 Å². The quantitative estimate of drug-likeness (QED) is 0.354. The number of carbonyl (C=O) groups is 2. The number of hydrogen-bond donors (Lipinski definition) is 0. The average Bonchev–Trinajstić information content (AvgIpc) is 3.01. The molecule has 7 nitrogen and oxygen atoms in total. The molecule has 0 aromatic heterocycles. The minimum absolute atomic E-state index is 0.0110. The molecule has 2 amide bonds. The number of anilines is 1. The van der Waals surface area contributed by atoms with E-state index in [0.29, 0.717) is 12.5 Å². The van der Waals surface area contributed by atoms with Gasteiger partial charge in [0.2, 0.25) is 5.91 Å². The number of unbranched alkanes of at least 4 members (excludes halogenated alkanes) is 2. The molecule has 0 spiro atoms. The third kappa shape index (κ3) is 5.66. The van der Waals surface area contributed by atoms with Crippen LogP contribution in [0.3, 0.4) is 0 Å². The number of rotatable bonds is 8. The topological polar surface area (TPSA) is 70.9 Å². The Balaban J connectivity index is 1.28. The van der Waals surface area contributed by atoms with E-state index in [9.17, 15) is 22.8 Å². The van der Waals surface area contributed by atoms with Crippen LogP contribution in [0.2, 0.25) is 0 Å². The molecule has 0 radical (unpaired) electrons. The van der Waals surface area contributed by atoms with Crippen LogP contribution in [0.25, 0.3) is 0 Å². The first-order chi connectivity index (χ1) is 17.9. The van der Waals surface area contributed by atoms with Gasteiger partial charge in [-0.3, -0.25) is 19.4 Å². The summed E-state index contributed by atoms with van der Waals surface area (Å²) in [5, 5.41) is 9.24. The Morgan fingerprint density at radius 3 is 2.34 bits per heavy atom. The van der Waals surface area contributed by atoms with Crippen molar-refractivity contribution in [2.24, 2.45) is 5.92 Å². The van der Waals surface area contributed by atoms with Gasteiger partial charge in [0, 0.05) is 38.6 Å². The van der Waals surface area contributed by atoms with Gasteiger partial charge < -0.3 is 9.80 Å². The van der Waals surface area contributed by atoms with Crippen molar-refractivity contribution in [2.75, 3.05) is 44.2 Å². The molecule has 2 aliphatic heterocycles. The van der Waals surface area contributed by atoms with E-state index in [1.165, 1.54) is 6.07 Å². The maximum Gasteiger partial charge on any atom is 0.417 e. The third-order valence-electron chi connectivity index (χ3n) is 8.01. The molecular formula is C27H34F3N5O2S. The third-order valence-corrected chi connectivity index (χ3v) is 8.41. The number of hydrogen-bond acceptors (Lipinski definition) is 5. The standard InChI is InChI=1S/C27H34F3N5O2S/c1-26(2)24(37)35(21-10-9-20(18-31)22(17-21)27(28,29)30)25(38)34(26)12-5-3-4-11-32-13-15-33(16-14-32)23(36)19-7-6-8-19/h9-10,17,19H,3-8,11-16H2,1-2H3. The van der Waals surface area contributed by atoms with E-state index in [1.807, 2.05) is 4.90 Å². The van der Waals surface area contributed by atoms with Gasteiger partial charge >= 0.3 is 6.18 Å². The number of piperazine rings is 1. The van der Waals surface area contributed by atoms with Gasteiger partial charge in [0.15, 0.2) is 5.11 Å². The van der Waals surface area contributed by atoms with E-state index < -0.39 is 28.7 Å². The summed E-state index contributed by atoms with van der Waals surface area (Å²) in [6.45, 7) is 8.24. The monoisotopic (exact) mass is 549 g/mol. The lowest BCUT2D eigenvalue weighted by molar-refractivity contribution is -0.140. The molecule has 0 bridgehead atoms. The largest absolute Gasteiger partial charge is 0.417 e. The van der Waals surface area contributed by atoms with Gasteiger partial charge in [-0.05, 0) is 76.5 Å². The van der Waals surface area contributed by atoms with Crippen LogP contribution in [-0.2, 0) is 15.8 Å². The maximum atomic E-state index is 13.5. The summed E-state index contributed by atoms with van der Waals surface area (Å²) in [6, 6.07) is 4.79.